The van der Waals surface area contributed by atoms with Crippen LogP contribution in [-0.4, -0.2) is 15.9 Å². The zero-order valence-corrected chi connectivity index (χ0v) is 8.62. The monoisotopic (exact) mass is 262 g/mol. The molecule has 0 fully saturated rings. The van der Waals surface area contributed by atoms with Gasteiger partial charge in [-0.2, -0.15) is 25.3 Å². The molecule has 0 N–H and O–H groups in total. The number of alkyl halides is 1. The molecule has 0 spiro atoms. The van der Waals surface area contributed by atoms with Gasteiger partial charge in [-0.05, 0) is 23.8 Å². The molecule has 0 aromatic heterocycles. The molecule has 0 saturated heterocycles. The normalized spacial score (nSPS) is 13.9. The van der Waals surface area contributed by atoms with Gasteiger partial charge in [0, 0.05) is 4.43 Å². The molecule has 0 amide bonds. The molecule has 0 heterocycles. The van der Waals surface area contributed by atoms with Crippen LogP contribution in [0.3, 0.4) is 0 Å². The van der Waals surface area contributed by atoms with Gasteiger partial charge in [0.05, 0.1) is 0 Å². The van der Waals surface area contributed by atoms with Crippen LogP contribution in [0, 0.1) is 5.92 Å². The van der Waals surface area contributed by atoms with Crippen molar-refractivity contribution in [1.82, 2.24) is 0 Å². The van der Waals surface area contributed by atoms with E-state index in [4.69, 9.17) is 0 Å². The molecule has 0 aliphatic rings. The minimum Gasteiger partial charge on any atom is -0.179 e. The summed E-state index contributed by atoms with van der Waals surface area (Å²) in [4.78, 5) is 0. The lowest BCUT2D eigenvalue weighted by Gasteiger charge is -2.06. The second-order valence-electron chi connectivity index (χ2n) is 1.72. The van der Waals surface area contributed by atoms with Crippen molar-refractivity contribution < 1.29 is 0 Å². The van der Waals surface area contributed by atoms with Crippen molar-refractivity contribution in [2.24, 2.45) is 5.92 Å². The van der Waals surface area contributed by atoms with Crippen molar-refractivity contribution in [1.29, 1.82) is 0 Å². The van der Waals surface area contributed by atoms with Gasteiger partial charge >= 0.3 is 0 Å². The first kappa shape index (κ1) is 9.43. The van der Waals surface area contributed by atoms with E-state index < -0.39 is 0 Å². The second-order valence-corrected chi connectivity index (χ2v) is 3.41. The van der Waals surface area contributed by atoms with Gasteiger partial charge in [0.25, 0.3) is 0 Å². The molecule has 3 heteroatoms. The fraction of sp³-hybridized carbons (Fsp3) is 1.00. The van der Waals surface area contributed by atoms with Crippen molar-refractivity contribution in [2.75, 3.05) is 15.9 Å². The van der Waals surface area contributed by atoms with Crippen LogP contribution in [0.25, 0.3) is 0 Å². The Balaban J connectivity index is 3.07. The first-order chi connectivity index (χ1) is 3.85. The Bertz CT molecular complexity index is 45.7. The fourth-order valence-corrected chi connectivity index (χ4v) is 2.32. The Morgan fingerprint density at radius 2 is 2.00 bits per heavy atom. The maximum absolute atomic E-state index is 4.19. The zero-order valence-electron chi connectivity index (χ0n) is 4.68. The average Bonchev–Trinajstić information content (AvgIpc) is 1.83. The van der Waals surface area contributed by atoms with Crippen LogP contribution in [0.4, 0.5) is 0 Å². The molecule has 0 rings (SSSR count). The summed E-state index contributed by atoms with van der Waals surface area (Å²) in [5.41, 5.74) is 0. The van der Waals surface area contributed by atoms with Gasteiger partial charge in [0.1, 0.15) is 0 Å². The van der Waals surface area contributed by atoms with Crippen LogP contribution in [0.2, 0.25) is 0 Å². The van der Waals surface area contributed by atoms with Gasteiger partial charge in [0.15, 0.2) is 0 Å². The molecule has 0 aliphatic carbocycles. The summed E-state index contributed by atoms with van der Waals surface area (Å²) < 4.78 is 1.21. The zero-order chi connectivity index (χ0) is 6.41. The maximum atomic E-state index is 4.19. The molecule has 0 radical (unpaired) electrons. The van der Waals surface area contributed by atoms with Crippen LogP contribution in [0.5, 0.6) is 0 Å². The molecular formula is C5H11IS2. The van der Waals surface area contributed by atoms with Crippen molar-refractivity contribution >= 4 is 47.8 Å². The van der Waals surface area contributed by atoms with Gasteiger partial charge in [-0.1, -0.05) is 22.6 Å². The Morgan fingerprint density at radius 3 is 2.12 bits per heavy atom. The van der Waals surface area contributed by atoms with Crippen LogP contribution < -0.4 is 0 Å². The number of hydrogen-bond acceptors (Lipinski definition) is 2. The number of rotatable bonds is 4. The van der Waals surface area contributed by atoms with Gasteiger partial charge in [-0.25, -0.2) is 0 Å². The molecule has 1 unspecified atom stereocenters. The largest absolute Gasteiger partial charge is 0.179 e. The van der Waals surface area contributed by atoms with Crippen molar-refractivity contribution in [3.05, 3.63) is 0 Å². The van der Waals surface area contributed by atoms with E-state index in [0.29, 0.717) is 0 Å². The maximum Gasteiger partial charge on any atom is 0.00317 e. The quantitative estimate of drug-likeness (QED) is 0.433. The smallest absolute Gasteiger partial charge is 0.00317 e. The Kier molecular flexibility index (Phi) is 7.72. The van der Waals surface area contributed by atoms with E-state index >= 15 is 0 Å². The van der Waals surface area contributed by atoms with Gasteiger partial charge in [-0.3, -0.25) is 0 Å². The molecule has 1 atom stereocenters. The van der Waals surface area contributed by atoms with E-state index in [-0.39, 0.29) is 0 Å². The summed E-state index contributed by atoms with van der Waals surface area (Å²) in [5.74, 6) is 2.77. The third kappa shape index (κ3) is 4.32. The van der Waals surface area contributed by atoms with E-state index in [0.717, 1.165) is 17.4 Å². The summed E-state index contributed by atoms with van der Waals surface area (Å²) in [6.07, 6.45) is 1.20. The number of halogens is 1. The summed E-state index contributed by atoms with van der Waals surface area (Å²) >= 11 is 10.7. The standard InChI is InChI=1S/C5H11IS2/c6-3-5(4-8)1-2-7/h5,7-8H,1-4H2. The van der Waals surface area contributed by atoms with Gasteiger partial charge in [-0.15, -0.1) is 0 Å². The molecule has 0 aromatic rings. The summed E-state index contributed by atoms with van der Waals surface area (Å²) in [6, 6.07) is 0. The first-order valence-electron chi connectivity index (χ1n) is 2.62. The lowest BCUT2D eigenvalue weighted by atomic mass is 10.2. The summed E-state index contributed by atoms with van der Waals surface area (Å²) in [7, 11) is 0. The SMILES string of the molecule is SCCC(CS)CI. The molecule has 0 nitrogen and oxygen atoms in total. The van der Waals surface area contributed by atoms with Crippen molar-refractivity contribution in [3.63, 3.8) is 0 Å². The number of hydrogen-bond donors (Lipinski definition) is 2. The third-order valence-corrected chi connectivity index (χ3v) is 3.03. The minimum atomic E-state index is 0.774. The van der Waals surface area contributed by atoms with E-state index in [1.807, 2.05) is 0 Å². The van der Waals surface area contributed by atoms with Crippen LogP contribution in [0.1, 0.15) is 6.42 Å². The topological polar surface area (TPSA) is 0 Å². The van der Waals surface area contributed by atoms with Gasteiger partial charge < -0.3 is 0 Å². The van der Waals surface area contributed by atoms with Crippen LogP contribution in [-0.2, 0) is 0 Å². The molecule has 0 saturated carbocycles. The molecule has 50 valence electrons. The lowest BCUT2D eigenvalue weighted by molar-refractivity contribution is 0.666. The predicted octanol–water partition coefficient (Wildman–Crippen LogP) is 2.29. The summed E-state index contributed by atoms with van der Waals surface area (Å²) in [5, 5.41) is 0. The minimum absolute atomic E-state index is 0.774. The highest BCUT2D eigenvalue weighted by Gasteiger charge is 2.00. The molecule has 0 aromatic carbocycles. The highest BCUT2D eigenvalue weighted by molar-refractivity contribution is 14.1. The van der Waals surface area contributed by atoms with E-state index in [9.17, 15) is 0 Å². The lowest BCUT2D eigenvalue weighted by Crippen LogP contribution is -2.03. The first-order valence-corrected chi connectivity index (χ1v) is 5.41. The molecule has 0 bridgehead atoms. The highest BCUT2D eigenvalue weighted by Crippen LogP contribution is 2.09. The fourth-order valence-electron chi connectivity index (χ4n) is 0.400. The van der Waals surface area contributed by atoms with E-state index in [1.165, 1.54) is 10.8 Å². The summed E-state index contributed by atoms with van der Waals surface area (Å²) in [6.45, 7) is 0. The molecule has 8 heavy (non-hydrogen) atoms. The van der Waals surface area contributed by atoms with Crippen LogP contribution >= 0.6 is 47.8 Å². The van der Waals surface area contributed by atoms with Crippen LogP contribution in [0.15, 0.2) is 0 Å². The molecular weight excluding hydrogens is 251 g/mol. The molecule has 0 aliphatic heterocycles. The second kappa shape index (κ2) is 6.55. The highest BCUT2D eigenvalue weighted by atomic mass is 127. The van der Waals surface area contributed by atoms with E-state index in [2.05, 4.69) is 47.8 Å². The Hall–Kier alpha value is 1.43. The predicted molar refractivity (Wildman–Crippen MR) is 54.7 cm³/mol. The third-order valence-electron chi connectivity index (χ3n) is 1.01. The number of thiol groups is 2. The Labute approximate surface area is 75.8 Å². The Morgan fingerprint density at radius 1 is 1.38 bits per heavy atom. The van der Waals surface area contributed by atoms with Gasteiger partial charge in [0.2, 0.25) is 0 Å². The van der Waals surface area contributed by atoms with Crippen molar-refractivity contribution in [3.8, 4) is 0 Å². The van der Waals surface area contributed by atoms with E-state index in [1.54, 1.807) is 0 Å². The average molecular weight is 262 g/mol. The van der Waals surface area contributed by atoms with Crippen molar-refractivity contribution in [2.45, 2.75) is 6.42 Å².